The van der Waals surface area contributed by atoms with Crippen LogP contribution in [-0.2, 0) is 16.1 Å². The van der Waals surface area contributed by atoms with E-state index < -0.39 is 5.97 Å². The van der Waals surface area contributed by atoms with Gasteiger partial charge in [0.25, 0.3) is 0 Å². The Hall–Kier alpha value is -2.37. The topological polar surface area (TPSA) is 81.4 Å². The van der Waals surface area contributed by atoms with Crippen molar-refractivity contribution in [3.05, 3.63) is 30.1 Å². The van der Waals surface area contributed by atoms with Crippen LogP contribution in [0.25, 0.3) is 11.0 Å². The number of esters is 1. The third kappa shape index (κ3) is 2.96. The Morgan fingerprint density at radius 2 is 2.20 bits per heavy atom. The van der Waals surface area contributed by atoms with Gasteiger partial charge in [0.15, 0.2) is 0 Å². The van der Waals surface area contributed by atoms with Crippen LogP contribution in [0.5, 0.6) is 0 Å². The fourth-order valence-corrected chi connectivity index (χ4v) is 2.07. The van der Waals surface area contributed by atoms with Crippen LogP contribution in [0.15, 0.2) is 24.5 Å². The molecule has 0 spiro atoms. The third-order valence-electron chi connectivity index (χ3n) is 2.97. The second-order valence-corrected chi connectivity index (χ2v) is 4.32. The van der Waals surface area contributed by atoms with Crippen LogP contribution in [-0.4, -0.2) is 33.2 Å². The smallest absolute Gasteiger partial charge is 0.337 e. The summed E-state index contributed by atoms with van der Waals surface area (Å²) in [6.07, 6.45) is 2.57. The predicted octanol–water partition coefficient (Wildman–Crippen LogP) is 2.08. The number of rotatable bonds is 6. The van der Waals surface area contributed by atoms with Crippen LogP contribution in [0.2, 0.25) is 0 Å². The first-order chi connectivity index (χ1) is 9.63. The molecule has 20 heavy (non-hydrogen) atoms. The van der Waals surface area contributed by atoms with E-state index in [4.69, 9.17) is 9.84 Å². The summed E-state index contributed by atoms with van der Waals surface area (Å²) in [5, 5.41) is 9.09. The fraction of sp³-hybridized carbons (Fsp3) is 0.357. The van der Waals surface area contributed by atoms with E-state index in [0.29, 0.717) is 31.5 Å². The SMILES string of the molecule is CCOC(=O)CCCn1cnc2c(C(=O)O)cccc21. The van der Waals surface area contributed by atoms with Gasteiger partial charge in [-0.05, 0) is 25.5 Å². The lowest BCUT2D eigenvalue weighted by atomic mass is 10.2. The molecule has 2 aromatic rings. The summed E-state index contributed by atoms with van der Waals surface area (Å²) >= 11 is 0. The van der Waals surface area contributed by atoms with Gasteiger partial charge in [-0.2, -0.15) is 0 Å². The number of carboxylic acids is 1. The maximum Gasteiger partial charge on any atom is 0.337 e. The molecule has 0 aliphatic heterocycles. The van der Waals surface area contributed by atoms with Gasteiger partial charge in [0.05, 0.1) is 24.0 Å². The van der Waals surface area contributed by atoms with Crippen LogP contribution in [0.4, 0.5) is 0 Å². The molecule has 6 heteroatoms. The summed E-state index contributed by atoms with van der Waals surface area (Å²) in [7, 11) is 0. The quantitative estimate of drug-likeness (QED) is 0.817. The van der Waals surface area contributed by atoms with Crippen molar-refractivity contribution in [2.45, 2.75) is 26.3 Å². The number of hydrogen-bond donors (Lipinski definition) is 1. The standard InChI is InChI=1S/C14H16N2O4/c1-2-20-12(17)7-4-8-16-9-15-13-10(14(18)19)5-3-6-11(13)16/h3,5-6,9H,2,4,7-8H2,1H3,(H,18,19). The van der Waals surface area contributed by atoms with Gasteiger partial charge in [0, 0.05) is 13.0 Å². The number of carboxylic acid groups (broad SMARTS) is 1. The van der Waals surface area contributed by atoms with Gasteiger partial charge in [0.1, 0.15) is 5.52 Å². The minimum absolute atomic E-state index is 0.187. The summed E-state index contributed by atoms with van der Waals surface area (Å²) in [6, 6.07) is 5.04. The van der Waals surface area contributed by atoms with Crippen LogP contribution < -0.4 is 0 Å². The lowest BCUT2D eigenvalue weighted by Gasteiger charge is -2.05. The van der Waals surface area contributed by atoms with Gasteiger partial charge in [-0.15, -0.1) is 0 Å². The largest absolute Gasteiger partial charge is 0.478 e. The number of ether oxygens (including phenoxy) is 1. The number of aromatic carboxylic acids is 1. The van der Waals surface area contributed by atoms with Gasteiger partial charge in [0.2, 0.25) is 0 Å². The molecule has 0 bridgehead atoms. The van der Waals surface area contributed by atoms with Crippen molar-refractivity contribution in [3.63, 3.8) is 0 Å². The van der Waals surface area contributed by atoms with E-state index in [-0.39, 0.29) is 11.5 Å². The number of imidazole rings is 1. The normalized spacial score (nSPS) is 10.7. The lowest BCUT2D eigenvalue weighted by Crippen LogP contribution is -2.06. The molecule has 0 aliphatic rings. The van der Waals surface area contributed by atoms with Gasteiger partial charge >= 0.3 is 11.9 Å². The van der Waals surface area contributed by atoms with E-state index in [1.165, 1.54) is 6.07 Å². The third-order valence-corrected chi connectivity index (χ3v) is 2.97. The zero-order chi connectivity index (χ0) is 14.5. The Morgan fingerprint density at radius 3 is 2.90 bits per heavy atom. The molecular formula is C14H16N2O4. The van der Waals surface area contributed by atoms with Gasteiger partial charge < -0.3 is 14.4 Å². The average molecular weight is 276 g/mol. The number of aryl methyl sites for hydroxylation is 1. The molecule has 6 nitrogen and oxygen atoms in total. The van der Waals surface area contributed by atoms with Crippen molar-refractivity contribution >= 4 is 23.0 Å². The summed E-state index contributed by atoms with van der Waals surface area (Å²) in [5.41, 5.74) is 1.41. The monoisotopic (exact) mass is 276 g/mol. The van der Waals surface area contributed by atoms with Crippen LogP contribution >= 0.6 is 0 Å². The summed E-state index contributed by atoms with van der Waals surface area (Å²) in [6.45, 7) is 2.75. The van der Waals surface area contributed by atoms with Crippen molar-refractivity contribution in [3.8, 4) is 0 Å². The molecule has 0 unspecified atom stereocenters. The highest BCUT2D eigenvalue weighted by atomic mass is 16.5. The van der Waals surface area contributed by atoms with Crippen molar-refractivity contribution in [2.75, 3.05) is 6.61 Å². The molecule has 1 aromatic carbocycles. The van der Waals surface area contributed by atoms with Crippen LogP contribution in [0.1, 0.15) is 30.1 Å². The zero-order valence-corrected chi connectivity index (χ0v) is 11.2. The molecule has 0 radical (unpaired) electrons. The average Bonchev–Trinajstić information content (AvgIpc) is 2.82. The maximum atomic E-state index is 11.3. The predicted molar refractivity (Wildman–Crippen MR) is 72.6 cm³/mol. The second kappa shape index (κ2) is 6.18. The Bertz CT molecular complexity index is 633. The highest BCUT2D eigenvalue weighted by Crippen LogP contribution is 2.18. The molecule has 0 atom stereocenters. The molecule has 0 saturated heterocycles. The van der Waals surface area contributed by atoms with Crippen LogP contribution in [0, 0.1) is 0 Å². The van der Waals surface area contributed by atoms with Gasteiger partial charge in [-0.1, -0.05) is 6.07 Å². The number of nitrogens with zero attached hydrogens (tertiary/aromatic N) is 2. The van der Waals surface area contributed by atoms with Crippen molar-refractivity contribution in [1.29, 1.82) is 0 Å². The molecule has 0 aliphatic carbocycles. The van der Waals surface area contributed by atoms with Gasteiger partial charge in [-0.25, -0.2) is 9.78 Å². The number of fused-ring (bicyclic) bond motifs is 1. The number of para-hydroxylation sites is 1. The minimum Gasteiger partial charge on any atom is -0.478 e. The summed E-state index contributed by atoms with van der Waals surface area (Å²) < 4.78 is 6.71. The Kier molecular flexibility index (Phi) is 4.34. The van der Waals surface area contributed by atoms with Crippen LogP contribution in [0.3, 0.4) is 0 Å². The van der Waals surface area contributed by atoms with E-state index in [1.54, 1.807) is 19.3 Å². The lowest BCUT2D eigenvalue weighted by molar-refractivity contribution is -0.143. The van der Waals surface area contributed by atoms with Crippen molar-refractivity contribution < 1.29 is 19.4 Å². The van der Waals surface area contributed by atoms with Gasteiger partial charge in [-0.3, -0.25) is 4.79 Å². The number of aromatic nitrogens is 2. The number of carbonyl (C=O) groups excluding carboxylic acids is 1. The zero-order valence-electron chi connectivity index (χ0n) is 11.2. The summed E-state index contributed by atoms with van der Waals surface area (Å²) in [4.78, 5) is 26.5. The molecule has 0 amide bonds. The van der Waals surface area contributed by atoms with Crippen molar-refractivity contribution in [1.82, 2.24) is 9.55 Å². The Morgan fingerprint density at radius 1 is 1.40 bits per heavy atom. The molecule has 2 rings (SSSR count). The molecule has 106 valence electrons. The number of carbonyl (C=O) groups is 2. The molecule has 1 heterocycles. The van der Waals surface area contributed by atoms with E-state index in [9.17, 15) is 9.59 Å². The molecule has 0 fully saturated rings. The van der Waals surface area contributed by atoms with E-state index in [0.717, 1.165) is 5.52 Å². The Balaban J connectivity index is 2.10. The molecule has 0 saturated carbocycles. The highest BCUT2D eigenvalue weighted by molar-refractivity contribution is 6.00. The van der Waals surface area contributed by atoms with E-state index in [1.807, 2.05) is 10.6 Å². The molecule has 1 aromatic heterocycles. The minimum atomic E-state index is -0.993. The van der Waals surface area contributed by atoms with Crippen molar-refractivity contribution in [2.24, 2.45) is 0 Å². The summed E-state index contributed by atoms with van der Waals surface area (Å²) in [5.74, 6) is -1.21. The van der Waals surface area contributed by atoms with E-state index in [2.05, 4.69) is 4.98 Å². The molecule has 1 N–H and O–H groups in total. The first-order valence-corrected chi connectivity index (χ1v) is 6.46. The first kappa shape index (κ1) is 14.0. The Labute approximate surface area is 116 Å². The molecular weight excluding hydrogens is 260 g/mol. The number of hydrogen-bond acceptors (Lipinski definition) is 4. The second-order valence-electron chi connectivity index (χ2n) is 4.32. The fourth-order valence-electron chi connectivity index (χ4n) is 2.07. The van der Waals surface area contributed by atoms with E-state index >= 15 is 0 Å². The highest BCUT2D eigenvalue weighted by Gasteiger charge is 2.12. The first-order valence-electron chi connectivity index (χ1n) is 6.46. The maximum absolute atomic E-state index is 11.3. The number of benzene rings is 1.